The van der Waals surface area contributed by atoms with E-state index in [4.69, 9.17) is 5.11 Å². The van der Waals surface area contributed by atoms with Crippen molar-refractivity contribution in [3.8, 4) is 0 Å². The van der Waals surface area contributed by atoms with Crippen molar-refractivity contribution in [2.75, 3.05) is 5.32 Å². The molecule has 17 heavy (non-hydrogen) atoms. The molecule has 0 aromatic heterocycles. The summed E-state index contributed by atoms with van der Waals surface area (Å²) >= 11 is 0. The highest BCUT2D eigenvalue weighted by Gasteiger charge is 2.07. The molecule has 2 rings (SSSR count). The standard InChI is InChI=1S/C13H11NO3/c15-12(8-13(16)17)14-11-6-5-9-3-1-2-4-10(9)7-11/h1-7H,8H2,(H,14,15)(H,16,17). The van der Waals surface area contributed by atoms with Crippen LogP contribution in [0.25, 0.3) is 10.8 Å². The zero-order valence-corrected chi connectivity index (χ0v) is 9.01. The van der Waals surface area contributed by atoms with Crippen LogP contribution in [0.4, 0.5) is 5.69 Å². The Morgan fingerprint density at radius 2 is 1.76 bits per heavy atom. The van der Waals surface area contributed by atoms with Crippen LogP contribution in [0.3, 0.4) is 0 Å². The number of benzene rings is 2. The minimum atomic E-state index is -1.14. The van der Waals surface area contributed by atoms with Gasteiger partial charge in [-0.1, -0.05) is 30.3 Å². The van der Waals surface area contributed by atoms with Gasteiger partial charge in [-0.2, -0.15) is 0 Å². The van der Waals surface area contributed by atoms with Gasteiger partial charge in [-0.05, 0) is 22.9 Å². The molecule has 4 heteroatoms. The lowest BCUT2D eigenvalue weighted by atomic mass is 10.1. The van der Waals surface area contributed by atoms with Crippen LogP contribution in [-0.2, 0) is 9.59 Å². The molecule has 0 aliphatic carbocycles. The Morgan fingerprint density at radius 1 is 1.06 bits per heavy atom. The van der Waals surface area contributed by atoms with Crippen LogP contribution in [0.15, 0.2) is 42.5 Å². The summed E-state index contributed by atoms with van der Waals surface area (Å²) in [5.74, 6) is -1.66. The lowest BCUT2D eigenvalue weighted by Crippen LogP contribution is -2.15. The summed E-state index contributed by atoms with van der Waals surface area (Å²) < 4.78 is 0. The molecule has 4 nitrogen and oxygen atoms in total. The first-order valence-corrected chi connectivity index (χ1v) is 5.15. The number of rotatable bonds is 3. The van der Waals surface area contributed by atoms with Gasteiger partial charge >= 0.3 is 5.97 Å². The zero-order valence-electron chi connectivity index (χ0n) is 9.01. The second kappa shape index (κ2) is 4.65. The maximum Gasteiger partial charge on any atom is 0.312 e. The van der Waals surface area contributed by atoms with E-state index in [2.05, 4.69) is 5.32 Å². The summed E-state index contributed by atoms with van der Waals surface area (Å²) in [6.07, 6.45) is -0.521. The summed E-state index contributed by atoms with van der Waals surface area (Å²) in [4.78, 5) is 21.6. The maximum atomic E-state index is 11.3. The lowest BCUT2D eigenvalue weighted by molar-refractivity contribution is -0.139. The Balaban J connectivity index is 2.19. The average Bonchev–Trinajstić information content (AvgIpc) is 2.27. The van der Waals surface area contributed by atoms with E-state index in [0.29, 0.717) is 5.69 Å². The minimum Gasteiger partial charge on any atom is -0.481 e. The van der Waals surface area contributed by atoms with Crippen molar-refractivity contribution in [3.63, 3.8) is 0 Å². The van der Waals surface area contributed by atoms with Gasteiger partial charge in [0, 0.05) is 5.69 Å². The number of anilines is 1. The van der Waals surface area contributed by atoms with Gasteiger partial charge in [-0.25, -0.2) is 0 Å². The highest BCUT2D eigenvalue weighted by molar-refractivity contribution is 6.02. The fourth-order valence-corrected chi connectivity index (χ4v) is 1.61. The van der Waals surface area contributed by atoms with Crippen LogP contribution >= 0.6 is 0 Å². The molecule has 0 saturated carbocycles. The van der Waals surface area contributed by atoms with Crippen LogP contribution in [-0.4, -0.2) is 17.0 Å². The van der Waals surface area contributed by atoms with Gasteiger partial charge in [0.2, 0.25) is 5.91 Å². The molecule has 1 amide bonds. The molecule has 0 atom stereocenters. The number of fused-ring (bicyclic) bond motifs is 1. The minimum absolute atomic E-state index is 0.521. The molecule has 0 spiro atoms. The molecule has 2 aromatic carbocycles. The van der Waals surface area contributed by atoms with E-state index in [1.165, 1.54) is 0 Å². The van der Waals surface area contributed by atoms with E-state index < -0.39 is 18.3 Å². The molecule has 0 aliphatic heterocycles. The molecule has 2 aromatic rings. The summed E-state index contributed by atoms with van der Waals surface area (Å²) in [7, 11) is 0. The van der Waals surface area contributed by atoms with Crippen molar-refractivity contribution in [3.05, 3.63) is 42.5 Å². The van der Waals surface area contributed by atoms with Crippen molar-refractivity contribution in [2.24, 2.45) is 0 Å². The van der Waals surface area contributed by atoms with E-state index in [1.807, 2.05) is 36.4 Å². The monoisotopic (exact) mass is 229 g/mol. The predicted molar refractivity (Wildman–Crippen MR) is 64.8 cm³/mol. The Kier molecular flexibility index (Phi) is 3.05. The van der Waals surface area contributed by atoms with Crippen molar-refractivity contribution >= 4 is 28.3 Å². The first kappa shape index (κ1) is 11.1. The molecule has 0 heterocycles. The Bertz CT molecular complexity index is 578. The number of hydrogen-bond donors (Lipinski definition) is 2. The van der Waals surface area contributed by atoms with Crippen LogP contribution in [0.1, 0.15) is 6.42 Å². The van der Waals surface area contributed by atoms with Crippen LogP contribution in [0, 0.1) is 0 Å². The van der Waals surface area contributed by atoms with Gasteiger partial charge in [-0.3, -0.25) is 9.59 Å². The maximum absolute atomic E-state index is 11.3. The topological polar surface area (TPSA) is 66.4 Å². The molecule has 86 valence electrons. The van der Waals surface area contributed by atoms with E-state index in [9.17, 15) is 9.59 Å². The Labute approximate surface area is 97.9 Å². The van der Waals surface area contributed by atoms with Crippen LogP contribution < -0.4 is 5.32 Å². The third-order valence-electron chi connectivity index (χ3n) is 2.35. The molecule has 0 aliphatic rings. The summed E-state index contributed by atoms with van der Waals surface area (Å²) in [5.41, 5.74) is 0.606. The molecule has 0 saturated heterocycles. The van der Waals surface area contributed by atoms with E-state index in [0.717, 1.165) is 10.8 Å². The number of carboxylic acid groups (broad SMARTS) is 1. The summed E-state index contributed by atoms with van der Waals surface area (Å²) in [6, 6.07) is 13.2. The molecule has 2 N–H and O–H groups in total. The first-order valence-electron chi connectivity index (χ1n) is 5.15. The number of hydrogen-bond acceptors (Lipinski definition) is 2. The molecule has 0 fully saturated rings. The highest BCUT2D eigenvalue weighted by Crippen LogP contribution is 2.18. The number of carboxylic acids is 1. The smallest absolute Gasteiger partial charge is 0.312 e. The number of amides is 1. The number of carbonyl (C=O) groups excluding carboxylic acids is 1. The number of nitrogens with one attached hydrogen (secondary N) is 1. The van der Waals surface area contributed by atoms with E-state index in [1.54, 1.807) is 6.07 Å². The van der Waals surface area contributed by atoms with Gasteiger partial charge in [0.25, 0.3) is 0 Å². The van der Waals surface area contributed by atoms with E-state index >= 15 is 0 Å². The summed E-state index contributed by atoms with van der Waals surface area (Å²) in [6.45, 7) is 0. The lowest BCUT2D eigenvalue weighted by Gasteiger charge is -2.05. The zero-order chi connectivity index (χ0) is 12.3. The van der Waals surface area contributed by atoms with Gasteiger partial charge < -0.3 is 10.4 Å². The van der Waals surface area contributed by atoms with Gasteiger partial charge in [0.05, 0.1) is 0 Å². The third-order valence-corrected chi connectivity index (χ3v) is 2.35. The Hall–Kier alpha value is -2.36. The molecule has 0 bridgehead atoms. The van der Waals surface area contributed by atoms with Crippen molar-refractivity contribution in [2.45, 2.75) is 6.42 Å². The van der Waals surface area contributed by atoms with Crippen molar-refractivity contribution in [1.82, 2.24) is 0 Å². The second-order valence-electron chi connectivity index (χ2n) is 3.68. The predicted octanol–water partition coefficient (Wildman–Crippen LogP) is 2.25. The van der Waals surface area contributed by atoms with Crippen LogP contribution in [0.5, 0.6) is 0 Å². The van der Waals surface area contributed by atoms with Crippen LogP contribution in [0.2, 0.25) is 0 Å². The van der Waals surface area contributed by atoms with Gasteiger partial charge in [-0.15, -0.1) is 0 Å². The number of aliphatic carboxylic acids is 1. The molecule has 0 radical (unpaired) electrons. The largest absolute Gasteiger partial charge is 0.481 e. The van der Waals surface area contributed by atoms with Crippen molar-refractivity contribution < 1.29 is 14.7 Å². The third kappa shape index (κ3) is 2.81. The van der Waals surface area contributed by atoms with Gasteiger partial charge in [0.1, 0.15) is 6.42 Å². The van der Waals surface area contributed by atoms with E-state index in [-0.39, 0.29) is 0 Å². The highest BCUT2D eigenvalue weighted by atomic mass is 16.4. The fourth-order valence-electron chi connectivity index (χ4n) is 1.61. The molecular weight excluding hydrogens is 218 g/mol. The molecular formula is C13H11NO3. The van der Waals surface area contributed by atoms with Gasteiger partial charge in [0.15, 0.2) is 0 Å². The quantitative estimate of drug-likeness (QED) is 0.793. The Morgan fingerprint density at radius 3 is 2.47 bits per heavy atom. The fraction of sp³-hybridized carbons (Fsp3) is 0.0769. The molecule has 0 unspecified atom stereocenters. The summed E-state index contributed by atoms with van der Waals surface area (Å²) in [5, 5.41) is 13.1. The van der Waals surface area contributed by atoms with Crippen molar-refractivity contribution in [1.29, 1.82) is 0 Å². The first-order chi connectivity index (χ1) is 8.15. The number of carbonyl (C=O) groups is 2. The normalized spacial score (nSPS) is 10.1. The second-order valence-corrected chi connectivity index (χ2v) is 3.68. The SMILES string of the molecule is O=C(O)CC(=O)Nc1ccc2ccccc2c1. The average molecular weight is 229 g/mol.